The zero-order chi connectivity index (χ0) is 21.1. The minimum atomic E-state index is -1.18. The summed E-state index contributed by atoms with van der Waals surface area (Å²) in [6, 6.07) is 15.3. The van der Waals surface area contributed by atoms with Crippen LogP contribution in [0.1, 0.15) is 53.1 Å². The summed E-state index contributed by atoms with van der Waals surface area (Å²) in [7, 11) is -1.18. The molecule has 1 amide bonds. The SMILES string of the molecule is Cc1ccc([S@](=O)Cc2nc(-c3ccc(C(=O)NC4CCCC4)cc3)oc2C)cc1. The molecule has 1 aliphatic rings. The minimum absolute atomic E-state index is 0.0359. The van der Waals surface area contributed by atoms with Gasteiger partial charge < -0.3 is 9.73 Å². The molecule has 4 rings (SSSR count). The summed E-state index contributed by atoms with van der Waals surface area (Å²) in [6.45, 7) is 3.84. The first-order valence-corrected chi connectivity index (χ1v) is 11.6. The molecule has 1 fully saturated rings. The van der Waals surface area contributed by atoms with Crippen LogP contribution in [0.15, 0.2) is 57.8 Å². The van der Waals surface area contributed by atoms with Crippen molar-refractivity contribution >= 4 is 16.7 Å². The van der Waals surface area contributed by atoms with Crippen LogP contribution in [0.25, 0.3) is 11.5 Å². The third kappa shape index (κ3) is 4.70. The van der Waals surface area contributed by atoms with Gasteiger partial charge in [-0.3, -0.25) is 9.00 Å². The second-order valence-electron chi connectivity index (χ2n) is 7.86. The van der Waals surface area contributed by atoms with Crippen molar-refractivity contribution in [1.29, 1.82) is 0 Å². The largest absolute Gasteiger partial charge is 0.441 e. The van der Waals surface area contributed by atoms with Crippen molar-refractivity contribution in [3.63, 3.8) is 0 Å². The average Bonchev–Trinajstić information content (AvgIpc) is 3.38. The van der Waals surface area contributed by atoms with Crippen LogP contribution in [0.2, 0.25) is 0 Å². The molecule has 30 heavy (non-hydrogen) atoms. The van der Waals surface area contributed by atoms with Crippen LogP contribution in [0.3, 0.4) is 0 Å². The van der Waals surface area contributed by atoms with Crippen LogP contribution < -0.4 is 5.32 Å². The van der Waals surface area contributed by atoms with E-state index in [1.807, 2.05) is 50.2 Å². The molecule has 1 aliphatic carbocycles. The topological polar surface area (TPSA) is 72.2 Å². The zero-order valence-electron chi connectivity index (χ0n) is 17.3. The van der Waals surface area contributed by atoms with Gasteiger partial charge in [0.1, 0.15) is 5.76 Å². The zero-order valence-corrected chi connectivity index (χ0v) is 18.1. The standard InChI is InChI=1S/C24H26N2O3S/c1-16-7-13-21(14-8-16)30(28)15-22-17(2)29-24(26-22)19-11-9-18(10-12-19)23(27)25-20-5-3-4-6-20/h7-14,20H,3-6,15H2,1-2H3,(H,25,27)/t30-/m1/s1. The summed E-state index contributed by atoms with van der Waals surface area (Å²) in [5.41, 5.74) is 3.25. The molecule has 1 atom stereocenters. The van der Waals surface area contributed by atoms with Crippen LogP contribution >= 0.6 is 0 Å². The van der Waals surface area contributed by atoms with Gasteiger partial charge in [-0.15, -0.1) is 0 Å². The Morgan fingerprint density at radius 1 is 1.07 bits per heavy atom. The van der Waals surface area contributed by atoms with E-state index in [2.05, 4.69) is 10.3 Å². The lowest BCUT2D eigenvalue weighted by Crippen LogP contribution is -2.32. The second kappa shape index (κ2) is 8.96. The maximum atomic E-state index is 12.7. The molecule has 0 radical (unpaired) electrons. The number of carbonyl (C=O) groups is 1. The van der Waals surface area contributed by atoms with E-state index in [9.17, 15) is 9.00 Å². The molecule has 3 aromatic rings. The monoisotopic (exact) mass is 422 g/mol. The van der Waals surface area contributed by atoms with Gasteiger partial charge in [0.25, 0.3) is 5.91 Å². The first-order valence-electron chi connectivity index (χ1n) is 10.3. The molecular weight excluding hydrogens is 396 g/mol. The van der Waals surface area contributed by atoms with Gasteiger partial charge in [0.2, 0.25) is 5.89 Å². The highest BCUT2D eigenvalue weighted by atomic mass is 32.2. The van der Waals surface area contributed by atoms with Crippen molar-refractivity contribution in [2.75, 3.05) is 0 Å². The van der Waals surface area contributed by atoms with Gasteiger partial charge in [0.05, 0.1) is 22.2 Å². The smallest absolute Gasteiger partial charge is 0.251 e. The number of aryl methyl sites for hydroxylation is 2. The normalized spacial score (nSPS) is 15.3. The van der Waals surface area contributed by atoms with Crippen molar-refractivity contribution in [3.8, 4) is 11.5 Å². The van der Waals surface area contributed by atoms with Crippen molar-refractivity contribution in [2.24, 2.45) is 0 Å². The van der Waals surface area contributed by atoms with Gasteiger partial charge in [-0.2, -0.15) is 0 Å². The van der Waals surface area contributed by atoms with Crippen LogP contribution in [0.5, 0.6) is 0 Å². The number of hydrogen-bond donors (Lipinski definition) is 1. The number of oxazole rings is 1. The van der Waals surface area contributed by atoms with E-state index in [1.165, 1.54) is 12.8 Å². The Hall–Kier alpha value is -2.73. The third-order valence-corrected chi connectivity index (χ3v) is 6.86. The highest BCUT2D eigenvalue weighted by Crippen LogP contribution is 2.24. The fourth-order valence-electron chi connectivity index (χ4n) is 3.69. The number of benzene rings is 2. The lowest BCUT2D eigenvalue weighted by atomic mass is 10.1. The predicted molar refractivity (Wildman–Crippen MR) is 118 cm³/mol. The molecule has 1 N–H and O–H groups in total. The fraction of sp³-hybridized carbons (Fsp3) is 0.333. The van der Waals surface area contributed by atoms with Gasteiger partial charge in [0.15, 0.2) is 0 Å². The van der Waals surface area contributed by atoms with Crippen molar-refractivity contribution < 1.29 is 13.4 Å². The van der Waals surface area contributed by atoms with Crippen molar-refractivity contribution in [3.05, 3.63) is 71.1 Å². The van der Waals surface area contributed by atoms with Gasteiger partial charge in [-0.25, -0.2) is 4.98 Å². The Morgan fingerprint density at radius 3 is 2.40 bits per heavy atom. The summed E-state index contributed by atoms with van der Waals surface area (Å²) in [6.07, 6.45) is 4.49. The molecule has 0 unspecified atom stereocenters. The number of rotatable bonds is 6. The number of aromatic nitrogens is 1. The summed E-state index contributed by atoms with van der Waals surface area (Å²) in [5.74, 6) is 1.41. The Bertz CT molecular complexity index is 1050. The van der Waals surface area contributed by atoms with Crippen LogP contribution in [-0.2, 0) is 16.6 Å². The molecular formula is C24H26N2O3S. The van der Waals surface area contributed by atoms with Crippen LogP contribution in [0, 0.1) is 13.8 Å². The first-order chi connectivity index (χ1) is 14.5. The number of nitrogens with one attached hydrogen (secondary N) is 1. The Labute approximate surface area is 179 Å². The summed E-state index contributed by atoms with van der Waals surface area (Å²) in [4.78, 5) is 17.7. The molecule has 6 heteroatoms. The molecule has 0 bridgehead atoms. The van der Waals surface area contributed by atoms with E-state index in [1.54, 1.807) is 12.1 Å². The fourth-order valence-corrected chi connectivity index (χ4v) is 4.81. The minimum Gasteiger partial charge on any atom is -0.441 e. The quantitative estimate of drug-likeness (QED) is 0.611. The lowest BCUT2D eigenvalue weighted by Gasteiger charge is -2.11. The Morgan fingerprint density at radius 2 is 1.73 bits per heavy atom. The summed E-state index contributed by atoms with van der Waals surface area (Å²) >= 11 is 0. The maximum Gasteiger partial charge on any atom is 0.251 e. The van der Waals surface area contributed by atoms with Gasteiger partial charge >= 0.3 is 0 Å². The van der Waals surface area contributed by atoms with Gasteiger partial charge in [0, 0.05) is 22.1 Å². The predicted octanol–water partition coefficient (Wildman–Crippen LogP) is 4.94. The molecule has 1 aromatic heterocycles. The van der Waals surface area contributed by atoms with Gasteiger partial charge in [-0.1, -0.05) is 30.5 Å². The number of hydrogen-bond acceptors (Lipinski definition) is 4. The number of amides is 1. The summed E-state index contributed by atoms with van der Waals surface area (Å²) in [5, 5.41) is 3.10. The van der Waals surface area contributed by atoms with E-state index in [-0.39, 0.29) is 5.91 Å². The van der Waals surface area contributed by atoms with E-state index in [4.69, 9.17) is 4.42 Å². The molecule has 1 heterocycles. The molecule has 5 nitrogen and oxygen atoms in total. The Balaban J connectivity index is 1.45. The van der Waals surface area contributed by atoms with E-state index >= 15 is 0 Å². The highest BCUT2D eigenvalue weighted by Gasteiger charge is 2.19. The molecule has 0 saturated heterocycles. The Kier molecular flexibility index (Phi) is 6.13. The van der Waals surface area contributed by atoms with E-state index < -0.39 is 10.8 Å². The van der Waals surface area contributed by atoms with Crippen molar-refractivity contribution in [1.82, 2.24) is 10.3 Å². The van der Waals surface area contributed by atoms with Gasteiger partial charge in [-0.05, 0) is 63.1 Å². The van der Waals surface area contributed by atoms with E-state index in [0.717, 1.165) is 28.9 Å². The van der Waals surface area contributed by atoms with Crippen molar-refractivity contribution in [2.45, 2.75) is 56.2 Å². The second-order valence-corrected chi connectivity index (χ2v) is 9.31. The highest BCUT2D eigenvalue weighted by molar-refractivity contribution is 7.84. The first kappa shape index (κ1) is 20.5. The lowest BCUT2D eigenvalue weighted by molar-refractivity contribution is 0.0938. The number of carbonyl (C=O) groups excluding carboxylic acids is 1. The van der Waals surface area contributed by atoms with Crippen LogP contribution in [-0.4, -0.2) is 21.1 Å². The maximum absolute atomic E-state index is 12.7. The molecule has 156 valence electrons. The van der Waals surface area contributed by atoms with Crippen LogP contribution in [0.4, 0.5) is 0 Å². The average molecular weight is 423 g/mol. The molecule has 0 spiro atoms. The third-order valence-electron chi connectivity index (χ3n) is 5.53. The van der Waals surface area contributed by atoms with E-state index in [0.29, 0.717) is 34.7 Å². The molecule has 2 aromatic carbocycles. The number of nitrogens with zero attached hydrogens (tertiary/aromatic N) is 1. The molecule has 1 saturated carbocycles. The summed E-state index contributed by atoms with van der Waals surface area (Å²) < 4.78 is 18.5. The molecule has 0 aliphatic heterocycles.